The highest BCUT2D eigenvalue weighted by Crippen LogP contribution is 2.33. The Hall–Kier alpha value is -5.27. The topological polar surface area (TPSA) is 143 Å². The second-order valence-corrected chi connectivity index (χ2v) is 7.64. The molecule has 3 aromatic heterocycles. The molecule has 186 valence electrons. The molecule has 5 rings (SSSR count). The second kappa shape index (κ2) is 9.41. The molecular formula is C23H16F3N9O2. The van der Waals surface area contributed by atoms with Crippen LogP contribution in [0, 0.1) is 0 Å². The lowest BCUT2D eigenvalue weighted by atomic mass is 10.1. The Kier molecular flexibility index (Phi) is 5.97. The summed E-state index contributed by atoms with van der Waals surface area (Å²) in [5, 5.41) is 12.2. The van der Waals surface area contributed by atoms with Crippen LogP contribution >= 0.6 is 0 Å². The number of halogens is 3. The average Bonchev–Trinajstić information content (AvgIpc) is 3.40. The van der Waals surface area contributed by atoms with Gasteiger partial charge in [0.2, 0.25) is 0 Å². The minimum Gasteiger partial charge on any atom is -0.346 e. The number of carbonyl (C=O) groups is 1. The van der Waals surface area contributed by atoms with Crippen molar-refractivity contribution in [1.82, 2.24) is 29.7 Å². The number of fused-ring (bicyclic) bond motifs is 1. The van der Waals surface area contributed by atoms with Crippen LogP contribution < -0.4 is 21.4 Å². The van der Waals surface area contributed by atoms with Gasteiger partial charge < -0.3 is 20.9 Å². The summed E-state index contributed by atoms with van der Waals surface area (Å²) in [6.45, 7) is 0. The number of anilines is 4. The average molecular weight is 507 g/mol. The molecule has 0 atom stereocenters. The van der Waals surface area contributed by atoms with Crippen LogP contribution in [0.3, 0.4) is 0 Å². The molecule has 11 nitrogen and oxygen atoms in total. The second-order valence-electron chi connectivity index (χ2n) is 7.64. The van der Waals surface area contributed by atoms with Crippen LogP contribution in [0.5, 0.6) is 0 Å². The molecular weight excluding hydrogens is 491 g/mol. The highest BCUT2D eigenvalue weighted by atomic mass is 19.4. The Morgan fingerprint density at radius 3 is 2.46 bits per heavy atom. The van der Waals surface area contributed by atoms with Gasteiger partial charge in [-0.05, 0) is 42.5 Å². The summed E-state index contributed by atoms with van der Waals surface area (Å²) in [5.74, 6) is 0.301. The van der Waals surface area contributed by atoms with Gasteiger partial charge in [0, 0.05) is 23.6 Å². The van der Waals surface area contributed by atoms with E-state index in [9.17, 15) is 22.8 Å². The number of aromatic amines is 1. The van der Waals surface area contributed by atoms with Crippen LogP contribution in [0.4, 0.5) is 40.8 Å². The van der Waals surface area contributed by atoms with Gasteiger partial charge >= 0.3 is 12.2 Å². The van der Waals surface area contributed by atoms with E-state index in [0.29, 0.717) is 22.8 Å². The number of hydrogen-bond acceptors (Lipinski definition) is 7. The number of rotatable bonds is 5. The monoisotopic (exact) mass is 507 g/mol. The van der Waals surface area contributed by atoms with Crippen molar-refractivity contribution in [3.8, 4) is 5.69 Å². The zero-order chi connectivity index (χ0) is 26.0. The van der Waals surface area contributed by atoms with Crippen molar-refractivity contribution in [2.45, 2.75) is 6.18 Å². The lowest BCUT2D eigenvalue weighted by Gasteiger charge is -2.15. The van der Waals surface area contributed by atoms with Crippen LogP contribution in [0.2, 0.25) is 0 Å². The molecule has 3 heterocycles. The number of nitrogens with one attached hydrogen (secondary N) is 4. The quantitative estimate of drug-likeness (QED) is 0.278. The van der Waals surface area contributed by atoms with Gasteiger partial charge in [-0.25, -0.2) is 24.4 Å². The first-order valence-corrected chi connectivity index (χ1v) is 10.6. The SMILES string of the molecule is O=C(Nc1ccc(Nc2ncnc3[nH]ccc(=O)c23)cc1)Nc1cc(C(F)(F)F)ccc1-n1cncn1. The molecule has 2 amide bonds. The maximum Gasteiger partial charge on any atom is 0.416 e. The molecule has 14 heteroatoms. The fourth-order valence-corrected chi connectivity index (χ4v) is 3.51. The van der Waals surface area contributed by atoms with Gasteiger partial charge in [0.1, 0.15) is 35.8 Å². The van der Waals surface area contributed by atoms with E-state index in [4.69, 9.17) is 0 Å². The molecule has 2 aromatic carbocycles. The van der Waals surface area contributed by atoms with E-state index in [2.05, 4.69) is 41.0 Å². The van der Waals surface area contributed by atoms with Crippen LogP contribution in [-0.2, 0) is 6.18 Å². The Morgan fingerprint density at radius 2 is 1.73 bits per heavy atom. The number of pyridine rings is 1. The number of amides is 2. The molecule has 0 fully saturated rings. The summed E-state index contributed by atoms with van der Waals surface area (Å²) < 4.78 is 40.9. The molecule has 0 saturated carbocycles. The predicted molar refractivity (Wildman–Crippen MR) is 129 cm³/mol. The molecule has 0 aliphatic carbocycles. The molecule has 0 radical (unpaired) electrons. The standard InChI is InChI=1S/C23H16F3N9O2/c24-23(25,26)13-1-6-17(35-12-27-10-31-35)16(9-13)34-22(37)33-15-4-2-14(3-5-15)32-21-19-18(36)7-8-28-20(19)29-11-30-21/h1-12H,(H2,33,34,37)(H2,28,29,30,32,36). The maximum atomic E-state index is 13.2. The lowest BCUT2D eigenvalue weighted by molar-refractivity contribution is -0.137. The first-order valence-electron chi connectivity index (χ1n) is 10.6. The summed E-state index contributed by atoms with van der Waals surface area (Å²) in [6.07, 6.45) is 0.712. The zero-order valence-corrected chi connectivity index (χ0v) is 18.6. The summed E-state index contributed by atoms with van der Waals surface area (Å²) in [4.78, 5) is 39.6. The third-order valence-electron chi connectivity index (χ3n) is 5.19. The normalized spacial score (nSPS) is 11.3. The van der Waals surface area contributed by atoms with Gasteiger partial charge in [0.25, 0.3) is 0 Å². The van der Waals surface area contributed by atoms with Crippen molar-refractivity contribution < 1.29 is 18.0 Å². The predicted octanol–water partition coefficient (Wildman–Crippen LogP) is 4.31. The number of carbonyl (C=O) groups excluding carboxylic acids is 1. The number of aromatic nitrogens is 6. The molecule has 4 N–H and O–H groups in total. The van der Waals surface area contributed by atoms with Crippen molar-refractivity contribution >= 4 is 39.9 Å². The van der Waals surface area contributed by atoms with Crippen molar-refractivity contribution in [2.24, 2.45) is 0 Å². The maximum absolute atomic E-state index is 13.2. The third kappa shape index (κ3) is 5.07. The molecule has 0 bridgehead atoms. The van der Waals surface area contributed by atoms with E-state index >= 15 is 0 Å². The van der Waals surface area contributed by atoms with E-state index in [1.54, 1.807) is 24.3 Å². The molecule has 0 unspecified atom stereocenters. The molecule has 37 heavy (non-hydrogen) atoms. The Labute approximate surface area is 205 Å². The number of benzene rings is 2. The number of urea groups is 1. The van der Waals surface area contributed by atoms with Gasteiger partial charge in [-0.15, -0.1) is 0 Å². The van der Waals surface area contributed by atoms with Crippen LogP contribution in [0.15, 0.2) is 78.5 Å². The number of alkyl halides is 3. The van der Waals surface area contributed by atoms with Gasteiger partial charge in [-0.1, -0.05) is 0 Å². The molecule has 0 saturated heterocycles. The third-order valence-corrected chi connectivity index (χ3v) is 5.19. The van der Waals surface area contributed by atoms with Crippen molar-refractivity contribution in [1.29, 1.82) is 0 Å². The Morgan fingerprint density at radius 1 is 0.946 bits per heavy atom. The van der Waals surface area contributed by atoms with E-state index in [-0.39, 0.29) is 22.2 Å². The first kappa shape index (κ1) is 23.5. The van der Waals surface area contributed by atoms with Crippen LogP contribution in [0.1, 0.15) is 5.56 Å². The van der Waals surface area contributed by atoms with Crippen LogP contribution in [0.25, 0.3) is 16.7 Å². The van der Waals surface area contributed by atoms with Crippen LogP contribution in [-0.4, -0.2) is 35.7 Å². The Balaban J connectivity index is 1.32. The van der Waals surface area contributed by atoms with E-state index in [0.717, 1.165) is 12.1 Å². The van der Waals surface area contributed by atoms with E-state index in [1.807, 2.05) is 0 Å². The zero-order valence-electron chi connectivity index (χ0n) is 18.6. The highest BCUT2D eigenvalue weighted by Gasteiger charge is 2.31. The lowest BCUT2D eigenvalue weighted by Crippen LogP contribution is -2.21. The van der Waals surface area contributed by atoms with Crippen molar-refractivity contribution in [2.75, 3.05) is 16.0 Å². The van der Waals surface area contributed by atoms with Crippen molar-refractivity contribution in [3.63, 3.8) is 0 Å². The largest absolute Gasteiger partial charge is 0.416 e. The minimum absolute atomic E-state index is 0.114. The number of nitrogens with zero attached hydrogens (tertiary/aromatic N) is 5. The minimum atomic E-state index is -4.60. The number of H-pyrrole nitrogens is 1. The van der Waals surface area contributed by atoms with E-state index in [1.165, 1.54) is 42.0 Å². The van der Waals surface area contributed by atoms with Gasteiger partial charge in [-0.3, -0.25) is 4.79 Å². The van der Waals surface area contributed by atoms with Gasteiger partial charge in [-0.2, -0.15) is 18.3 Å². The molecule has 0 aliphatic rings. The Bertz CT molecular complexity index is 1630. The highest BCUT2D eigenvalue weighted by molar-refractivity contribution is 6.01. The number of hydrogen-bond donors (Lipinski definition) is 4. The van der Waals surface area contributed by atoms with Gasteiger partial charge in [0.05, 0.1) is 16.9 Å². The summed E-state index contributed by atoms with van der Waals surface area (Å²) in [5.41, 5.74) is 0.206. The first-order chi connectivity index (χ1) is 17.8. The summed E-state index contributed by atoms with van der Waals surface area (Å²) in [7, 11) is 0. The fourth-order valence-electron chi connectivity index (χ4n) is 3.51. The van der Waals surface area contributed by atoms with Gasteiger partial charge in [0.15, 0.2) is 5.43 Å². The fraction of sp³-hybridized carbons (Fsp3) is 0.0435. The molecule has 5 aromatic rings. The van der Waals surface area contributed by atoms with E-state index < -0.39 is 17.8 Å². The summed E-state index contributed by atoms with van der Waals surface area (Å²) >= 11 is 0. The smallest absolute Gasteiger partial charge is 0.346 e. The molecule has 0 spiro atoms. The summed E-state index contributed by atoms with van der Waals surface area (Å²) in [6, 6.07) is 9.89. The molecule has 0 aliphatic heterocycles. The van der Waals surface area contributed by atoms with Crippen molar-refractivity contribution in [3.05, 3.63) is 89.5 Å².